The predicted octanol–water partition coefficient (Wildman–Crippen LogP) is 3.24. The molecular formula is C16H30N2OS. The molecule has 0 aromatic heterocycles. The fourth-order valence-electron chi connectivity index (χ4n) is 3.73. The number of nitrogens with zero attached hydrogens (tertiary/aromatic N) is 1. The third-order valence-corrected chi connectivity index (χ3v) is 5.51. The normalized spacial score (nSPS) is 29.4. The minimum absolute atomic E-state index is 0.0716. The Morgan fingerprint density at radius 2 is 2.10 bits per heavy atom. The van der Waals surface area contributed by atoms with Gasteiger partial charge in [0.15, 0.2) is 0 Å². The Balaban J connectivity index is 2.07. The SMILES string of the molecule is CCCC1NC(C2CCCC2)N(C(C)CCSC)C1=O. The molecule has 4 heteroatoms. The van der Waals surface area contributed by atoms with Crippen molar-refractivity contribution in [3.05, 3.63) is 0 Å². The van der Waals surface area contributed by atoms with E-state index in [-0.39, 0.29) is 6.04 Å². The second-order valence-corrected chi connectivity index (χ2v) is 7.36. The van der Waals surface area contributed by atoms with E-state index < -0.39 is 0 Å². The molecule has 1 saturated carbocycles. The highest BCUT2D eigenvalue weighted by Gasteiger charge is 2.44. The van der Waals surface area contributed by atoms with Crippen LogP contribution in [0.15, 0.2) is 0 Å². The lowest BCUT2D eigenvalue weighted by Crippen LogP contribution is -2.47. The standard InChI is InChI=1S/C16H30N2OS/c1-4-7-14-16(19)18(12(2)10-11-20-3)15(17-14)13-8-5-6-9-13/h12-15,17H,4-11H2,1-3H3. The van der Waals surface area contributed by atoms with E-state index in [0.717, 1.165) is 25.0 Å². The van der Waals surface area contributed by atoms with Gasteiger partial charge in [0.25, 0.3) is 0 Å². The van der Waals surface area contributed by atoms with Crippen molar-refractivity contribution in [2.24, 2.45) is 5.92 Å². The smallest absolute Gasteiger partial charge is 0.241 e. The molecule has 0 aromatic carbocycles. The summed E-state index contributed by atoms with van der Waals surface area (Å²) < 4.78 is 0. The molecule has 0 aromatic rings. The van der Waals surface area contributed by atoms with Crippen LogP contribution in [0.1, 0.15) is 58.8 Å². The minimum Gasteiger partial charge on any atom is -0.323 e. The molecule has 3 atom stereocenters. The van der Waals surface area contributed by atoms with Crippen LogP contribution >= 0.6 is 11.8 Å². The zero-order chi connectivity index (χ0) is 14.5. The molecule has 2 aliphatic rings. The van der Waals surface area contributed by atoms with E-state index in [2.05, 4.69) is 30.3 Å². The van der Waals surface area contributed by atoms with Crippen molar-refractivity contribution in [3.8, 4) is 0 Å². The minimum atomic E-state index is 0.0716. The van der Waals surface area contributed by atoms with Gasteiger partial charge in [-0.15, -0.1) is 0 Å². The van der Waals surface area contributed by atoms with Crippen molar-refractivity contribution in [3.63, 3.8) is 0 Å². The van der Waals surface area contributed by atoms with Gasteiger partial charge in [0, 0.05) is 6.04 Å². The maximum atomic E-state index is 12.7. The number of nitrogens with one attached hydrogen (secondary N) is 1. The summed E-state index contributed by atoms with van der Waals surface area (Å²) in [5.41, 5.74) is 0. The second kappa shape index (κ2) is 7.69. The number of rotatable bonds is 7. The summed E-state index contributed by atoms with van der Waals surface area (Å²) in [5.74, 6) is 2.18. The lowest BCUT2D eigenvalue weighted by atomic mass is 10.0. The zero-order valence-corrected chi connectivity index (χ0v) is 14.0. The summed E-state index contributed by atoms with van der Waals surface area (Å²) in [7, 11) is 0. The van der Waals surface area contributed by atoms with E-state index in [1.807, 2.05) is 11.8 Å². The van der Waals surface area contributed by atoms with Crippen molar-refractivity contribution in [1.29, 1.82) is 0 Å². The number of thioether (sulfide) groups is 1. The molecule has 2 rings (SSSR count). The molecule has 116 valence electrons. The average molecular weight is 298 g/mol. The van der Waals surface area contributed by atoms with Gasteiger partial charge in [0.2, 0.25) is 5.91 Å². The topological polar surface area (TPSA) is 32.3 Å². The van der Waals surface area contributed by atoms with Gasteiger partial charge in [-0.2, -0.15) is 11.8 Å². The maximum absolute atomic E-state index is 12.7. The van der Waals surface area contributed by atoms with Crippen molar-refractivity contribution < 1.29 is 4.79 Å². The van der Waals surface area contributed by atoms with Gasteiger partial charge in [-0.25, -0.2) is 0 Å². The van der Waals surface area contributed by atoms with Crippen LogP contribution in [0, 0.1) is 5.92 Å². The Kier molecular flexibility index (Phi) is 6.21. The van der Waals surface area contributed by atoms with Gasteiger partial charge < -0.3 is 4.90 Å². The van der Waals surface area contributed by atoms with Gasteiger partial charge in [-0.1, -0.05) is 26.2 Å². The lowest BCUT2D eigenvalue weighted by Gasteiger charge is -2.34. The predicted molar refractivity (Wildman–Crippen MR) is 86.9 cm³/mol. The van der Waals surface area contributed by atoms with Gasteiger partial charge in [-0.05, 0) is 50.5 Å². The molecule has 3 nitrogen and oxygen atoms in total. The molecule has 0 radical (unpaired) electrons. The maximum Gasteiger partial charge on any atom is 0.241 e. The Labute approximate surface area is 128 Å². The molecule has 2 fully saturated rings. The summed E-state index contributed by atoms with van der Waals surface area (Å²) >= 11 is 1.88. The van der Waals surface area contributed by atoms with E-state index in [9.17, 15) is 4.79 Å². The highest BCUT2D eigenvalue weighted by molar-refractivity contribution is 7.98. The highest BCUT2D eigenvalue weighted by Crippen LogP contribution is 2.34. The molecule has 3 unspecified atom stereocenters. The van der Waals surface area contributed by atoms with Crippen molar-refractivity contribution in [2.75, 3.05) is 12.0 Å². The zero-order valence-electron chi connectivity index (χ0n) is 13.2. The number of carbonyl (C=O) groups is 1. The average Bonchev–Trinajstić information content (AvgIpc) is 3.05. The van der Waals surface area contributed by atoms with Crippen molar-refractivity contribution >= 4 is 17.7 Å². The first-order valence-corrected chi connectivity index (χ1v) is 9.65. The molecule has 1 heterocycles. The van der Waals surface area contributed by atoms with Crippen LogP contribution in [0.5, 0.6) is 0 Å². The Hall–Kier alpha value is -0.220. The fourth-order valence-corrected chi connectivity index (χ4v) is 4.30. The third kappa shape index (κ3) is 3.51. The molecule has 1 N–H and O–H groups in total. The Bertz CT molecular complexity index is 318. The summed E-state index contributed by atoms with van der Waals surface area (Å²) in [4.78, 5) is 14.9. The van der Waals surface area contributed by atoms with E-state index in [1.165, 1.54) is 25.7 Å². The monoisotopic (exact) mass is 298 g/mol. The summed E-state index contributed by atoms with van der Waals surface area (Å²) in [6, 6.07) is 0.442. The van der Waals surface area contributed by atoms with Crippen molar-refractivity contribution in [1.82, 2.24) is 10.2 Å². The van der Waals surface area contributed by atoms with Gasteiger partial charge in [-0.3, -0.25) is 10.1 Å². The first-order valence-electron chi connectivity index (χ1n) is 8.26. The third-order valence-electron chi connectivity index (χ3n) is 4.86. The Morgan fingerprint density at radius 1 is 1.40 bits per heavy atom. The van der Waals surface area contributed by atoms with Crippen LogP contribution in [-0.4, -0.2) is 41.1 Å². The number of hydrogen-bond acceptors (Lipinski definition) is 3. The van der Waals surface area contributed by atoms with E-state index in [0.29, 0.717) is 24.0 Å². The molecule has 0 spiro atoms. The van der Waals surface area contributed by atoms with Crippen LogP contribution < -0.4 is 5.32 Å². The van der Waals surface area contributed by atoms with Crippen LogP contribution in [0.2, 0.25) is 0 Å². The van der Waals surface area contributed by atoms with E-state index >= 15 is 0 Å². The van der Waals surface area contributed by atoms with Crippen molar-refractivity contribution in [2.45, 2.75) is 77.0 Å². The van der Waals surface area contributed by atoms with Crippen LogP contribution in [0.3, 0.4) is 0 Å². The van der Waals surface area contributed by atoms with Gasteiger partial charge >= 0.3 is 0 Å². The van der Waals surface area contributed by atoms with Gasteiger partial charge in [0.05, 0.1) is 12.2 Å². The highest BCUT2D eigenvalue weighted by atomic mass is 32.2. The largest absolute Gasteiger partial charge is 0.323 e. The molecule has 0 bridgehead atoms. The Morgan fingerprint density at radius 3 is 2.70 bits per heavy atom. The summed E-state index contributed by atoms with van der Waals surface area (Å²) in [6.45, 7) is 4.39. The first-order chi connectivity index (χ1) is 9.69. The molecular weight excluding hydrogens is 268 g/mol. The summed E-state index contributed by atoms with van der Waals surface area (Å²) in [5, 5.41) is 3.66. The summed E-state index contributed by atoms with van der Waals surface area (Å²) in [6.07, 6.45) is 10.9. The number of amides is 1. The van der Waals surface area contributed by atoms with Gasteiger partial charge in [0.1, 0.15) is 0 Å². The van der Waals surface area contributed by atoms with Crippen LogP contribution in [-0.2, 0) is 4.79 Å². The number of hydrogen-bond donors (Lipinski definition) is 1. The molecule has 20 heavy (non-hydrogen) atoms. The van der Waals surface area contributed by atoms with E-state index in [4.69, 9.17) is 0 Å². The second-order valence-electron chi connectivity index (χ2n) is 6.37. The molecule has 1 aliphatic heterocycles. The molecule has 1 amide bonds. The van der Waals surface area contributed by atoms with Crippen LogP contribution in [0.25, 0.3) is 0 Å². The molecule has 1 aliphatic carbocycles. The van der Waals surface area contributed by atoms with E-state index in [1.54, 1.807) is 0 Å². The fraction of sp³-hybridized carbons (Fsp3) is 0.938. The molecule has 1 saturated heterocycles. The first kappa shape index (κ1) is 16.2. The van der Waals surface area contributed by atoms with Crippen LogP contribution in [0.4, 0.5) is 0 Å². The number of carbonyl (C=O) groups excluding carboxylic acids is 1. The quantitative estimate of drug-likeness (QED) is 0.783. The lowest BCUT2D eigenvalue weighted by molar-refractivity contribution is -0.132.